The standard InChI is InChI=1S/C13H18ClN3O2S/c1-20-13-15-7-10(14)11(16-13)12(19)17-5-2-3-9(8-17)4-6-18/h7,9,18H,2-6,8H2,1H3. The molecule has 1 aliphatic heterocycles. The van der Waals surface area contributed by atoms with Crippen LogP contribution in [0.1, 0.15) is 29.8 Å². The van der Waals surface area contributed by atoms with Crippen LogP contribution >= 0.6 is 23.4 Å². The topological polar surface area (TPSA) is 66.3 Å². The van der Waals surface area contributed by atoms with E-state index < -0.39 is 0 Å². The van der Waals surface area contributed by atoms with Gasteiger partial charge in [0.1, 0.15) is 0 Å². The molecule has 5 nitrogen and oxygen atoms in total. The largest absolute Gasteiger partial charge is 0.396 e. The fraction of sp³-hybridized carbons (Fsp3) is 0.615. The summed E-state index contributed by atoms with van der Waals surface area (Å²) in [7, 11) is 0. The highest BCUT2D eigenvalue weighted by Crippen LogP contribution is 2.23. The average Bonchev–Trinajstić information content (AvgIpc) is 2.48. The highest BCUT2D eigenvalue weighted by molar-refractivity contribution is 7.98. The summed E-state index contributed by atoms with van der Waals surface area (Å²) in [6.07, 6.45) is 6.07. The number of nitrogens with zero attached hydrogens (tertiary/aromatic N) is 3. The number of aromatic nitrogens is 2. The van der Waals surface area contributed by atoms with Gasteiger partial charge in [0.25, 0.3) is 5.91 Å². The first kappa shape index (κ1) is 15.5. The van der Waals surface area contributed by atoms with Gasteiger partial charge in [0, 0.05) is 19.7 Å². The molecule has 0 radical (unpaired) electrons. The van der Waals surface area contributed by atoms with E-state index in [-0.39, 0.29) is 23.2 Å². The first-order valence-electron chi connectivity index (χ1n) is 6.62. The maximum Gasteiger partial charge on any atom is 0.274 e. The number of piperidine rings is 1. The number of aliphatic hydroxyl groups is 1. The molecule has 1 saturated heterocycles. The summed E-state index contributed by atoms with van der Waals surface area (Å²) in [6, 6.07) is 0. The number of rotatable bonds is 4. The molecule has 2 rings (SSSR count). The molecule has 1 aromatic heterocycles. The summed E-state index contributed by atoms with van der Waals surface area (Å²) < 4.78 is 0. The van der Waals surface area contributed by atoms with E-state index in [0.717, 1.165) is 25.8 Å². The Balaban J connectivity index is 2.14. The molecule has 0 bridgehead atoms. The number of aliphatic hydroxyl groups excluding tert-OH is 1. The van der Waals surface area contributed by atoms with E-state index in [4.69, 9.17) is 16.7 Å². The zero-order chi connectivity index (χ0) is 14.5. The minimum Gasteiger partial charge on any atom is -0.396 e. The molecule has 0 aromatic carbocycles. The van der Waals surface area contributed by atoms with E-state index in [1.807, 2.05) is 6.26 Å². The van der Waals surface area contributed by atoms with Crippen LogP contribution < -0.4 is 0 Å². The second-order valence-corrected chi connectivity index (χ2v) is 6.01. The summed E-state index contributed by atoms with van der Waals surface area (Å²) in [4.78, 5) is 22.6. The Morgan fingerprint density at radius 2 is 2.45 bits per heavy atom. The lowest BCUT2D eigenvalue weighted by Gasteiger charge is -2.32. The molecule has 1 N–H and O–H groups in total. The molecule has 1 unspecified atom stereocenters. The van der Waals surface area contributed by atoms with Crippen molar-refractivity contribution in [2.45, 2.75) is 24.4 Å². The number of halogens is 1. The van der Waals surface area contributed by atoms with Gasteiger partial charge >= 0.3 is 0 Å². The Hall–Kier alpha value is -0.850. The molecule has 0 spiro atoms. The van der Waals surface area contributed by atoms with Crippen molar-refractivity contribution in [2.24, 2.45) is 5.92 Å². The highest BCUT2D eigenvalue weighted by Gasteiger charge is 2.26. The zero-order valence-corrected chi connectivity index (χ0v) is 13.0. The molecule has 1 fully saturated rings. The number of thioether (sulfide) groups is 1. The van der Waals surface area contributed by atoms with E-state index >= 15 is 0 Å². The molecule has 20 heavy (non-hydrogen) atoms. The molecular weight excluding hydrogens is 298 g/mol. The number of hydrogen-bond donors (Lipinski definition) is 1. The van der Waals surface area contributed by atoms with Crippen molar-refractivity contribution in [3.05, 3.63) is 16.9 Å². The van der Waals surface area contributed by atoms with Crippen LogP contribution in [0.25, 0.3) is 0 Å². The molecule has 0 saturated carbocycles. The zero-order valence-electron chi connectivity index (χ0n) is 11.4. The van der Waals surface area contributed by atoms with Crippen molar-refractivity contribution < 1.29 is 9.90 Å². The first-order chi connectivity index (χ1) is 9.65. The fourth-order valence-corrected chi connectivity index (χ4v) is 2.93. The summed E-state index contributed by atoms with van der Waals surface area (Å²) in [6.45, 7) is 1.54. The van der Waals surface area contributed by atoms with Gasteiger partial charge in [0.2, 0.25) is 0 Å². The van der Waals surface area contributed by atoms with Crippen molar-refractivity contribution in [3.8, 4) is 0 Å². The van der Waals surface area contributed by atoms with Gasteiger partial charge in [-0.3, -0.25) is 4.79 Å². The molecule has 0 aliphatic carbocycles. The third-order valence-corrected chi connectivity index (χ3v) is 4.29. The van der Waals surface area contributed by atoms with Crippen molar-refractivity contribution in [1.82, 2.24) is 14.9 Å². The summed E-state index contributed by atoms with van der Waals surface area (Å²) in [5.74, 6) is 0.216. The van der Waals surface area contributed by atoms with Crippen LogP contribution in [0, 0.1) is 5.92 Å². The van der Waals surface area contributed by atoms with Gasteiger partial charge in [0.15, 0.2) is 10.9 Å². The van der Waals surface area contributed by atoms with Crippen LogP contribution in [0.2, 0.25) is 5.02 Å². The number of hydrogen-bond acceptors (Lipinski definition) is 5. The number of carbonyl (C=O) groups is 1. The van der Waals surface area contributed by atoms with Gasteiger partial charge in [0.05, 0.1) is 11.2 Å². The van der Waals surface area contributed by atoms with Crippen molar-refractivity contribution in [3.63, 3.8) is 0 Å². The second-order valence-electron chi connectivity index (χ2n) is 4.82. The lowest BCUT2D eigenvalue weighted by Crippen LogP contribution is -2.40. The predicted octanol–water partition coefficient (Wildman–Crippen LogP) is 2.09. The molecule has 110 valence electrons. The van der Waals surface area contributed by atoms with Gasteiger partial charge in [-0.1, -0.05) is 23.4 Å². The van der Waals surface area contributed by atoms with Gasteiger partial charge in [-0.15, -0.1) is 0 Å². The van der Waals surface area contributed by atoms with Gasteiger partial charge < -0.3 is 10.0 Å². The molecule has 1 atom stereocenters. The van der Waals surface area contributed by atoms with E-state index in [0.29, 0.717) is 17.6 Å². The Morgan fingerprint density at radius 3 is 3.15 bits per heavy atom. The van der Waals surface area contributed by atoms with Crippen LogP contribution in [0.5, 0.6) is 0 Å². The van der Waals surface area contributed by atoms with Crippen LogP contribution in [0.4, 0.5) is 0 Å². The van der Waals surface area contributed by atoms with Crippen LogP contribution in [-0.2, 0) is 0 Å². The van der Waals surface area contributed by atoms with Crippen molar-refractivity contribution >= 4 is 29.3 Å². The Labute approximate surface area is 127 Å². The van der Waals surface area contributed by atoms with Crippen LogP contribution in [-0.4, -0.2) is 51.8 Å². The van der Waals surface area contributed by atoms with Crippen LogP contribution in [0.15, 0.2) is 11.4 Å². The minimum atomic E-state index is -0.143. The average molecular weight is 316 g/mol. The predicted molar refractivity (Wildman–Crippen MR) is 79.2 cm³/mol. The lowest BCUT2D eigenvalue weighted by atomic mass is 9.95. The summed E-state index contributed by atoms with van der Waals surface area (Å²) in [5, 5.41) is 9.86. The lowest BCUT2D eigenvalue weighted by molar-refractivity contribution is 0.0647. The number of likely N-dealkylation sites (tertiary alicyclic amines) is 1. The fourth-order valence-electron chi connectivity index (χ4n) is 2.42. The first-order valence-corrected chi connectivity index (χ1v) is 8.22. The van der Waals surface area contributed by atoms with Gasteiger partial charge in [-0.2, -0.15) is 0 Å². The summed E-state index contributed by atoms with van der Waals surface area (Å²) >= 11 is 7.42. The third kappa shape index (κ3) is 3.62. The highest BCUT2D eigenvalue weighted by atomic mass is 35.5. The van der Waals surface area contributed by atoms with Crippen molar-refractivity contribution in [2.75, 3.05) is 26.0 Å². The smallest absolute Gasteiger partial charge is 0.274 e. The molecule has 1 aliphatic rings. The quantitative estimate of drug-likeness (QED) is 0.680. The van der Waals surface area contributed by atoms with Gasteiger partial charge in [-0.25, -0.2) is 9.97 Å². The van der Waals surface area contributed by atoms with Crippen LogP contribution in [0.3, 0.4) is 0 Å². The normalized spacial score (nSPS) is 19.1. The molecule has 1 aromatic rings. The minimum absolute atomic E-state index is 0.143. The van der Waals surface area contributed by atoms with E-state index in [2.05, 4.69) is 9.97 Å². The second kappa shape index (κ2) is 7.24. The monoisotopic (exact) mass is 315 g/mol. The molecular formula is C13H18ClN3O2S. The SMILES string of the molecule is CSc1ncc(Cl)c(C(=O)N2CCCC(CCO)C2)n1. The van der Waals surface area contributed by atoms with Crippen molar-refractivity contribution in [1.29, 1.82) is 0 Å². The van der Waals surface area contributed by atoms with E-state index in [1.54, 1.807) is 4.90 Å². The maximum atomic E-state index is 12.5. The Kier molecular flexibility index (Phi) is 5.63. The maximum absolute atomic E-state index is 12.5. The summed E-state index contributed by atoms with van der Waals surface area (Å²) in [5.41, 5.74) is 0.274. The Bertz CT molecular complexity index is 485. The molecule has 7 heteroatoms. The molecule has 1 amide bonds. The van der Waals surface area contributed by atoms with E-state index in [9.17, 15) is 4.79 Å². The number of amides is 1. The number of carbonyl (C=O) groups excluding carboxylic acids is 1. The molecule has 2 heterocycles. The Morgan fingerprint density at radius 1 is 1.65 bits per heavy atom. The third-order valence-electron chi connectivity index (χ3n) is 3.45. The van der Waals surface area contributed by atoms with E-state index in [1.165, 1.54) is 18.0 Å². The van der Waals surface area contributed by atoms with Gasteiger partial charge in [-0.05, 0) is 31.4 Å².